The van der Waals surface area contributed by atoms with Crippen molar-refractivity contribution in [2.24, 2.45) is 5.73 Å². The van der Waals surface area contributed by atoms with E-state index in [1.54, 1.807) is 12.1 Å². The van der Waals surface area contributed by atoms with Gasteiger partial charge in [-0.25, -0.2) is 4.79 Å². The SMILES string of the molecule is C[C@](N)(Cc1cccc(C(=O)O)c1)C(=O)O. The molecule has 1 aromatic rings. The van der Waals surface area contributed by atoms with Gasteiger partial charge in [-0.1, -0.05) is 12.1 Å². The number of carboxylic acids is 2. The Labute approximate surface area is 92.5 Å². The van der Waals surface area contributed by atoms with E-state index in [4.69, 9.17) is 15.9 Å². The molecule has 1 atom stereocenters. The van der Waals surface area contributed by atoms with Crippen LogP contribution in [0.15, 0.2) is 24.3 Å². The summed E-state index contributed by atoms with van der Waals surface area (Å²) in [5, 5.41) is 17.6. The molecule has 0 bridgehead atoms. The Morgan fingerprint density at radius 2 is 2.00 bits per heavy atom. The molecule has 0 spiro atoms. The number of carbonyl (C=O) groups is 2. The van der Waals surface area contributed by atoms with Gasteiger partial charge < -0.3 is 15.9 Å². The Morgan fingerprint density at radius 1 is 1.38 bits per heavy atom. The van der Waals surface area contributed by atoms with E-state index in [9.17, 15) is 9.59 Å². The summed E-state index contributed by atoms with van der Waals surface area (Å²) < 4.78 is 0. The molecule has 5 nitrogen and oxygen atoms in total. The zero-order valence-electron chi connectivity index (χ0n) is 8.80. The molecule has 0 heterocycles. The number of nitrogens with two attached hydrogens (primary N) is 1. The lowest BCUT2D eigenvalue weighted by Crippen LogP contribution is -2.46. The first kappa shape index (κ1) is 12.2. The molecule has 0 aliphatic rings. The fraction of sp³-hybridized carbons (Fsp3) is 0.273. The first-order valence-electron chi connectivity index (χ1n) is 4.67. The molecule has 0 unspecified atom stereocenters. The third-order valence-corrected chi connectivity index (χ3v) is 2.23. The van der Waals surface area contributed by atoms with E-state index in [2.05, 4.69) is 0 Å². The molecule has 0 aromatic heterocycles. The molecule has 1 rings (SSSR count). The third kappa shape index (κ3) is 2.80. The van der Waals surface area contributed by atoms with Gasteiger partial charge in [0.25, 0.3) is 0 Å². The van der Waals surface area contributed by atoms with Crippen molar-refractivity contribution in [3.63, 3.8) is 0 Å². The number of aromatic carboxylic acids is 1. The van der Waals surface area contributed by atoms with Crippen LogP contribution >= 0.6 is 0 Å². The summed E-state index contributed by atoms with van der Waals surface area (Å²) in [6.07, 6.45) is 0.0868. The van der Waals surface area contributed by atoms with Crippen LogP contribution in [0.25, 0.3) is 0 Å². The van der Waals surface area contributed by atoms with Crippen LogP contribution in [0.2, 0.25) is 0 Å². The lowest BCUT2D eigenvalue weighted by Gasteiger charge is -2.19. The molecule has 0 aliphatic heterocycles. The minimum atomic E-state index is -1.39. The predicted octanol–water partition coefficient (Wildman–Crippen LogP) is 0.729. The Hall–Kier alpha value is -1.88. The van der Waals surface area contributed by atoms with Crippen molar-refractivity contribution < 1.29 is 19.8 Å². The molecule has 1 aromatic carbocycles. The second-order valence-electron chi connectivity index (χ2n) is 3.90. The van der Waals surface area contributed by atoms with Gasteiger partial charge in [0.15, 0.2) is 0 Å². The van der Waals surface area contributed by atoms with E-state index >= 15 is 0 Å². The van der Waals surface area contributed by atoms with Gasteiger partial charge >= 0.3 is 11.9 Å². The van der Waals surface area contributed by atoms with Crippen molar-refractivity contribution in [3.8, 4) is 0 Å². The maximum Gasteiger partial charge on any atom is 0.335 e. The van der Waals surface area contributed by atoms with Gasteiger partial charge in [0.05, 0.1) is 5.56 Å². The van der Waals surface area contributed by atoms with E-state index in [0.29, 0.717) is 5.56 Å². The summed E-state index contributed by atoms with van der Waals surface area (Å²) in [6, 6.07) is 6.09. The third-order valence-electron chi connectivity index (χ3n) is 2.23. The second kappa shape index (κ2) is 4.32. The molecule has 86 valence electrons. The number of hydrogen-bond donors (Lipinski definition) is 3. The summed E-state index contributed by atoms with van der Waals surface area (Å²) in [5.41, 5.74) is 4.89. The van der Waals surface area contributed by atoms with Crippen molar-refractivity contribution in [3.05, 3.63) is 35.4 Å². The normalized spacial score (nSPS) is 14.1. The van der Waals surface area contributed by atoms with Crippen molar-refractivity contribution >= 4 is 11.9 Å². The molecule has 4 N–H and O–H groups in total. The van der Waals surface area contributed by atoms with Crippen molar-refractivity contribution in [1.82, 2.24) is 0 Å². The van der Waals surface area contributed by atoms with Crippen LogP contribution in [0.3, 0.4) is 0 Å². The molecule has 0 saturated heterocycles. The Bertz CT molecular complexity index is 426. The summed E-state index contributed by atoms with van der Waals surface area (Å²) in [4.78, 5) is 21.5. The fourth-order valence-corrected chi connectivity index (χ4v) is 1.31. The van der Waals surface area contributed by atoms with Crippen LogP contribution in [0.5, 0.6) is 0 Å². The van der Waals surface area contributed by atoms with Crippen molar-refractivity contribution in [1.29, 1.82) is 0 Å². The average molecular weight is 223 g/mol. The number of carboxylic acid groups (broad SMARTS) is 2. The van der Waals surface area contributed by atoms with Gasteiger partial charge in [-0.05, 0) is 24.6 Å². The maximum atomic E-state index is 10.8. The van der Waals surface area contributed by atoms with Crippen LogP contribution in [-0.4, -0.2) is 27.7 Å². The minimum Gasteiger partial charge on any atom is -0.480 e. The van der Waals surface area contributed by atoms with Crippen LogP contribution in [-0.2, 0) is 11.2 Å². The predicted molar refractivity (Wildman–Crippen MR) is 57.3 cm³/mol. The minimum absolute atomic E-state index is 0.0868. The fourth-order valence-electron chi connectivity index (χ4n) is 1.31. The summed E-state index contributed by atoms with van der Waals surface area (Å²) in [6.45, 7) is 1.39. The zero-order valence-corrected chi connectivity index (χ0v) is 8.80. The number of aliphatic carboxylic acids is 1. The van der Waals surface area contributed by atoms with Crippen LogP contribution in [0, 0.1) is 0 Å². The number of rotatable bonds is 4. The molecule has 16 heavy (non-hydrogen) atoms. The van der Waals surface area contributed by atoms with Crippen LogP contribution < -0.4 is 5.73 Å². The lowest BCUT2D eigenvalue weighted by molar-refractivity contribution is -0.142. The van der Waals surface area contributed by atoms with Gasteiger partial charge in [-0.2, -0.15) is 0 Å². The molecule has 0 aliphatic carbocycles. The highest BCUT2D eigenvalue weighted by Crippen LogP contribution is 2.13. The first-order chi connectivity index (χ1) is 7.33. The monoisotopic (exact) mass is 223 g/mol. The Balaban J connectivity index is 2.94. The topological polar surface area (TPSA) is 101 Å². The highest BCUT2D eigenvalue weighted by Gasteiger charge is 2.28. The van der Waals surface area contributed by atoms with Crippen LogP contribution in [0.4, 0.5) is 0 Å². The van der Waals surface area contributed by atoms with E-state index in [0.717, 1.165) is 0 Å². The van der Waals surface area contributed by atoms with E-state index in [1.165, 1.54) is 19.1 Å². The largest absolute Gasteiger partial charge is 0.480 e. The number of benzene rings is 1. The van der Waals surface area contributed by atoms with Crippen LogP contribution in [0.1, 0.15) is 22.8 Å². The summed E-state index contributed by atoms with van der Waals surface area (Å²) in [5.74, 6) is -2.16. The smallest absolute Gasteiger partial charge is 0.335 e. The molecule has 0 radical (unpaired) electrons. The zero-order chi connectivity index (χ0) is 12.3. The van der Waals surface area contributed by atoms with Crippen molar-refractivity contribution in [2.45, 2.75) is 18.9 Å². The van der Waals surface area contributed by atoms with E-state index < -0.39 is 17.5 Å². The van der Waals surface area contributed by atoms with Gasteiger partial charge in [0.2, 0.25) is 0 Å². The van der Waals surface area contributed by atoms with E-state index in [1.807, 2.05) is 0 Å². The molecular weight excluding hydrogens is 210 g/mol. The van der Waals surface area contributed by atoms with Gasteiger partial charge in [0.1, 0.15) is 5.54 Å². The summed E-state index contributed by atoms with van der Waals surface area (Å²) in [7, 11) is 0. The average Bonchev–Trinajstić information content (AvgIpc) is 2.17. The molecule has 0 amide bonds. The standard InChI is InChI=1S/C11H13NO4/c1-11(12,10(15)16)6-7-3-2-4-8(5-7)9(13)14/h2-5H,6,12H2,1H3,(H,13,14)(H,15,16)/t11-/m0/s1. The number of hydrogen-bond acceptors (Lipinski definition) is 3. The van der Waals surface area contributed by atoms with Gasteiger partial charge in [-0.15, -0.1) is 0 Å². The molecule has 5 heteroatoms. The highest BCUT2D eigenvalue weighted by atomic mass is 16.4. The maximum absolute atomic E-state index is 10.8. The lowest BCUT2D eigenvalue weighted by atomic mass is 9.93. The molecule has 0 saturated carbocycles. The molecule has 0 fully saturated rings. The highest BCUT2D eigenvalue weighted by molar-refractivity contribution is 5.87. The van der Waals surface area contributed by atoms with Crippen molar-refractivity contribution in [2.75, 3.05) is 0 Å². The van der Waals surface area contributed by atoms with Gasteiger partial charge in [-0.3, -0.25) is 4.79 Å². The Kier molecular flexibility index (Phi) is 3.29. The first-order valence-corrected chi connectivity index (χ1v) is 4.67. The Morgan fingerprint density at radius 3 is 2.50 bits per heavy atom. The van der Waals surface area contributed by atoms with Gasteiger partial charge in [0, 0.05) is 6.42 Å². The quantitative estimate of drug-likeness (QED) is 0.698. The molecular formula is C11H13NO4. The summed E-state index contributed by atoms with van der Waals surface area (Å²) >= 11 is 0. The second-order valence-corrected chi connectivity index (χ2v) is 3.90. The van der Waals surface area contributed by atoms with E-state index in [-0.39, 0.29) is 12.0 Å².